The van der Waals surface area contributed by atoms with Crippen molar-refractivity contribution in [3.63, 3.8) is 0 Å². The van der Waals surface area contributed by atoms with Crippen LogP contribution < -0.4 is 0 Å². The number of amides is 1. The molecule has 0 bridgehead atoms. The average molecular weight is 351 g/mol. The van der Waals surface area contributed by atoms with Crippen LogP contribution in [-0.2, 0) is 6.54 Å². The van der Waals surface area contributed by atoms with Crippen molar-refractivity contribution in [2.75, 3.05) is 0 Å². The van der Waals surface area contributed by atoms with Gasteiger partial charge in [0.1, 0.15) is 5.75 Å². The van der Waals surface area contributed by atoms with E-state index in [1.807, 2.05) is 25.1 Å². The summed E-state index contributed by atoms with van der Waals surface area (Å²) in [5.74, 6) is -0.446. The number of carbonyl (C=O) groups is 1. The summed E-state index contributed by atoms with van der Waals surface area (Å²) in [6.07, 6.45) is 1.93. The Balaban J connectivity index is 2.00. The van der Waals surface area contributed by atoms with Crippen LogP contribution in [0.5, 0.6) is 11.6 Å². The van der Waals surface area contributed by atoms with Gasteiger partial charge in [-0.3, -0.25) is 4.79 Å². The zero-order valence-corrected chi connectivity index (χ0v) is 14.8. The Bertz CT molecular complexity index is 972. The normalized spacial score (nSPS) is 11.5. The second kappa shape index (κ2) is 7.39. The van der Waals surface area contributed by atoms with E-state index >= 15 is 0 Å². The number of carbonyl (C=O) groups excluding carboxylic acids is 1. The fraction of sp³-hybridized carbons (Fsp3) is 0.250. The molecule has 1 amide bonds. The van der Waals surface area contributed by atoms with E-state index in [1.54, 1.807) is 4.57 Å². The molecule has 1 aromatic heterocycles. The molecule has 0 saturated carbocycles. The molecule has 0 aliphatic carbocycles. The second-order valence-electron chi connectivity index (χ2n) is 6.25. The van der Waals surface area contributed by atoms with Crippen molar-refractivity contribution in [3.05, 3.63) is 53.6 Å². The van der Waals surface area contributed by atoms with Crippen molar-refractivity contribution in [1.29, 1.82) is 0 Å². The molecule has 0 atom stereocenters. The van der Waals surface area contributed by atoms with Crippen molar-refractivity contribution in [3.8, 4) is 11.6 Å². The van der Waals surface area contributed by atoms with Gasteiger partial charge in [0.05, 0.1) is 5.52 Å². The minimum atomic E-state index is -0.536. The molecule has 0 fully saturated rings. The van der Waals surface area contributed by atoms with Gasteiger partial charge >= 0.3 is 0 Å². The van der Waals surface area contributed by atoms with Crippen molar-refractivity contribution >= 4 is 22.5 Å². The number of unbranched alkanes of at least 4 members (excludes halogenated alkanes) is 1. The SMILES string of the molecule is CCCCn1c(O)c(N=NC(=O)c2ccc(O)cc2)c2cc(C)ccc21. The van der Waals surface area contributed by atoms with Gasteiger partial charge in [0, 0.05) is 17.5 Å². The summed E-state index contributed by atoms with van der Waals surface area (Å²) in [6.45, 7) is 4.72. The molecule has 26 heavy (non-hydrogen) atoms. The number of phenols is 1. The highest BCUT2D eigenvalue weighted by molar-refractivity contribution is 5.97. The van der Waals surface area contributed by atoms with Crippen LogP contribution in [0.2, 0.25) is 0 Å². The first-order valence-corrected chi connectivity index (χ1v) is 8.58. The van der Waals surface area contributed by atoms with Crippen LogP contribution in [0.25, 0.3) is 10.9 Å². The summed E-state index contributed by atoms with van der Waals surface area (Å²) in [4.78, 5) is 12.2. The van der Waals surface area contributed by atoms with E-state index in [-0.39, 0.29) is 11.6 Å². The number of hydrogen-bond donors (Lipinski definition) is 2. The van der Waals surface area contributed by atoms with Gasteiger partial charge in [-0.1, -0.05) is 25.0 Å². The van der Waals surface area contributed by atoms with E-state index in [2.05, 4.69) is 17.2 Å². The van der Waals surface area contributed by atoms with E-state index in [0.29, 0.717) is 17.8 Å². The van der Waals surface area contributed by atoms with Crippen LogP contribution >= 0.6 is 0 Å². The van der Waals surface area contributed by atoms with Crippen LogP contribution in [-0.4, -0.2) is 20.7 Å². The molecule has 6 nitrogen and oxygen atoms in total. The Kier molecular flexibility index (Phi) is 5.02. The number of aryl methyl sites for hydroxylation is 2. The topological polar surface area (TPSA) is 87.2 Å². The molecule has 2 N–H and O–H groups in total. The van der Waals surface area contributed by atoms with Gasteiger partial charge in [-0.2, -0.15) is 0 Å². The molecule has 2 aromatic carbocycles. The quantitative estimate of drug-likeness (QED) is 0.628. The van der Waals surface area contributed by atoms with Crippen LogP contribution in [0.4, 0.5) is 5.69 Å². The van der Waals surface area contributed by atoms with Crippen LogP contribution in [0.1, 0.15) is 35.7 Å². The molecular weight excluding hydrogens is 330 g/mol. The standard InChI is InChI=1S/C20H21N3O3/c1-3-4-11-23-17-10-5-13(2)12-16(17)18(20(23)26)21-22-19(25)14-6-8-15(24)9-7-14/h5-10,12,24,26H,3-4,11H2,1-2H3. The Hall–Kier alpha value is -3.15. The summed E-state index contributed by atoms with van der Waals surface area (Å²) < 4.78 is 1.80. The minimum absolute atomic E-state index is 0.0151. The monoisotopic (exact) mass is 351 g/mol. The molecule has 0 spiro atoms. The van der Waals surface area contributed by atoms with E-state index in [4.69, 9.17) is 0 Å². The lowest BCUT2D eigenvalue weighted by Crippen LogP contribution is -1.96. The molecule has 134 valence electrons. The Labute approximate surface area is 151 Å². The predicted octanol–water partition coefficient (Wildman–Crippen LogP) is 5.09. The summed E-state index contributed by atoms with van der Waals surface area (Å²) in [7, 11) is 0. The molecule has 0 unspecified atom stereocenters. The molecule has 6 heteroatoms. The Morgan fingerprint density at radius 3 is 2.54 bits per heavy atom. The maximum absolute atomic E-state index is 12.2. The highest BCUT2D eigenvalue weighted by Gasteiger charge is 2.17. The van der Waals surface area contributed by atoms with E-state index in [9.17, 15) is 15.0 Å². The number of rotatable bonds is 5. The third kappa shape index (κ3) is 3.44. The van der Waals surface area contributed by atoms with Gasteiger partial charge in [0.15, 0.2) is 5.69 Å². The third-order valence-corrected chi connectivity index (χ3v) is 4.26. The number of fused-ring (bicyclic) bond motifs is 1. The van der Waals surface area contributed by atoms with Gasteiger partial charge < -0.3 is 14.8 Å². The number of hydrogen-bond acceptors (Lipinski definition) is 4. The van der Waals surface area contributed by atoms with Gasteiger partial charge in [0.25, 0.3) is 5.91 Å². The van der Waals surface area contributed by atoms with Crippen molar-refractivity contribution in [2.45, 2.75) is 33.2 Å². The number of azo groups is 1. The van der Waals surface area contributed by atoms with Gasteiger partial charge in [0.2, 0.25) is 5.88 Å². The molecule has 0 saturated heterocycles. The number of aromatic hydroxyl groups is 2. The molecular formula is C20H21N3O3. The van der Waals surface area contributed by atoms with Crippen molar-refractivity contribution < 1.29 is 15.0 Å². The molecule has 0 aliphatic heterocycles. The first-order chi connectivity index (χ1) is 12.5. The zero-order valence-electron chi connectivity index (χ0n) is 14.8. The zero-order chi connectivity index (χ0) is 18.7. The number of benzene rings is 2. The first-order valence-electron chi connectivity index (χ1n) is 8.58. The number of aromatic nitrogens is 1. The van der Waals surface area contributed by atoms with E-state index in [1.165, 1.54) is 24.3 Å². The lowest BCUT2D eigenvalue weighted by Gasteiger charge is -2.05. The maximum atomic E-state index is 12.2. The fourth-order valence-electron chi connectivity index (χ4n) is 2.84. The van der Waals surface area contributed by atoms with Crippen molar-refractivity contribution in [2.24, 2.45) is 10.2 Å². The van der Waals surface area contributed by atoms with Crippen molar-refractivity contribution in [1.82, 2.24) is 4.57 Å². The number of nitrogens with zero attached hydrogens (tertiary/aromatic N) is 3. The lowest BCUT2D eigenvalue weighted by atomic mass is 10.1. The third-order valence-electron chi connectivity index (χ3n) is 4.26. The lowest BCUT2D eigenvalue weighted by molar-refractivity contribution is 0.0995. The molecule has 1 heterocycles. The van der Waals surface area contributed by atoms with E-state index < -0.39 is 5.91 Å². The highest BCUT2D eigenvalue weighted by atomic mass is 16.3. The summed E-state index contributed by atoms with van der Waals surface area (Å²) in [5.41, 5.74) is 2.52. The van der Waals surface area contributed by atoms with E-state index in [0.717, 1.165) is 29.3 Å². The van der Waals surface area contributed by atoms with Gasteiger partial charge in [-0.05, 0) is 49.7 Å². The predicted molar refractivity (Wildman–Crippen MR) is 100 cm³/mol. The summed E-state index contributed by atoms with van der Waals surface area (Å²) in [6, 6.07) is 11.6. The highest BCUT2D eigenvalue weighted by Crippen LogP contribution is 2.39. The Morgan fingerprint density at radius 1 is 1.12 bits per heavy atom. The van der Waals surface area contributed by atoms with Crippen LogP contribution in [0.3, 0.4) is 0 Å². The van der Waals surface area contributed by atoms with Gasteiger partial charge in [-0.15, -0.1) is 10.2 Å². The first kappa shape index (κ1) is 17.7. The number of phenolic OH excluding ortho intramolecular Hbond substituents is 1. The molecule has 3 aromatic rings. The molecule has 0 aliphatic rings. The largest absolute Gasteiger partial charge is 0.508 e. The molecule has 0 radical (unpaired) electrons. The van der Waals surface area contributed by atoms with Crippen LogP contribution in [0.15, 0.2) is 52.7 Å². The second-order valence-corrected chi connectivity index (χ2v) is 6.25. The minimum Gasteiger partial charge on any atom is -0.508 e. The average Bonchev–Trinajstić information content (AvgIpc) is 2.89. The maximum Gasteiger partial charge on any atom is 0.295 e. The summed E-state index contributed by atoms with van der Waals surface area (Å²) in [5, 5.41) is 28.5. The fourth-order valence-corrected chi connectivity index (χ4v) is 2.84. The van der Waals surface area contributed by atoms with Crippen LogP contribution in [0, 0.1) is 6.92 Å². The summed E-state index contributed by atoms with van der Waals surface area (Å²) >= 11 is 0. The smallest absolute Gasteiger partial charge is 0.295 e. The van der Waals surface area contributed by atoms with Gasteiger partial charge in [-0.25, -0.2) is 0 Å². The molecule has 3 rings (SSSR count). The Morgan fingerprint density at radius 2 is 1.85 bits per heavy atom.